The van der Waals surface area contributed by atoms with Gasteiger partial charge in [0.25, 0.3) is 5.91 Å². The molecule has 1 heterocycles. The summed E-state index contributed by atoms with van der Waals surface area (Å²) >= 11 is 5.65. The summed E-state index contributed by atoms with van der Waals surface area (Å²) in [4.78, 5) is 28.1. The first-order chi connectivity index (χ1) is 7.91. The van der Waals surface area contributed by atoms with Crippen LogP contribution in [-0.2, 0) is 4.79 Å². The molecule has 7 heteroatoms. The number of hydrogen-bond acceptors (Lipinski definition) is 4. The van der Waals surface area contributed by atoms with Gasteiger partial charge in [-0.3, -0.25) is 9.59 Å². The molecule has 0 aliphatic carbocycles. The maximum atomic E-state index is 11.7. The van der Waals surface area contributed by atoms with E-state index in [2.05, 4.69) is 10.3 Å². The Morgan fingerprint density at radius 3 is 2.76 bits per heavy atom. The lowest BCUT2D eigenvalue weighted by molar-refractivity contribution is -0.127. The molecule has 0 spiro atoms. The van der Waals surface area contributed by atoms with Gasteiger partial charge in [0.15, 0.2) is 0 Å². The third kappa shape index (κ3) is 3.60. The van der Waals surface area contributed by atoms with Crippen LogP contribution in [0.3, 0.4) is 0 Å². The molecule has 0 unspecified atom stereocenters. The summed E-state index contributed by atoms with van der Waals surface area (Å²) in [5, 5.41) is 2.62. The van der Waals surface area contributed by atoms with Crippen molar-refractivity contribution in [3.63, 3.8) is 0 Å². The molecule has 0 aliphatic heterocycles. The minimum Gasteiger partial charge on any atom is -0.397 e. The van der Waals surface area contributed by atoms with Gasteiger partial charge < -0.3 is 16.0 Å². The molecule has 0 bridgehead atoms. The SMILES string of the molecule is CN(C)C(=O)CNC(=O)c1cc(Cl)ncc1N. The van der Waals surface area contributed by atoms with E-state index in [9.17, 15) is 9.59 Å². The molecule has 0 fully saturated rings. The normalized spacial score (nSPS) is 9.82. The number of carbonyl (C=O) groups is 2. The third-order valence-electron chi connectivity index (χ3n) is 2.05. The van der Waals surface area contributed by atoms with Crippen molar-refractivity contribution in [2.75, 3.05) is 26.4 Å². The number of hydrogen-bond donors (Lipinski definition) is 2. The van der Waals surface area contributed by atoms with Crippen LogP contribution >= 0.6 is 11.6 Å². The van der Waals surface area contributed by atoms with Crippen LogP contribution in [0.5, 0.6) is 0 Å². The van der Waals surface area contributed by atoms with Gasteiger partial charge in [0.1, 0.15) is 5.15 Å². The molecule has 2 amide bonds. The maximum absolute atomic E-state index is 11.7. The largest absolute Gasteiger partial charge is 0.397 e. The van der Waals surface area contributed by atoms with Gasteiger partial charge in [-0.1, -0.05) is 11.6 Å². The highest BCUT2D eigenvalue weighted by Crippen LogP contribution is 2.14. The van der Waals surface area contributed by atoms with Crippen LogP contribution in [0.4, 0.5) is 5.69 Å². The number of likely N-dealkylation sites (N-methyl/N-ethyl adjacent to an activating group) is 1. The van der Waals surface area contributed by atoms with Gasteiger partial charge in [0, 0.05) is 14.1 Å². The zero-order chi connectivity index (χ0) is 13.0. The van der Waals surface area contributed by atoms with Gasteiger partial charge in [0.2, 0.25) is 5.91 Å². The Bertz CT molecular complexity index is 448. The lowest BCUT2D eigenvalue weighted by atomic mass is 10.2. The first-order valence-corrected chi connectivity index (χ1v) is 5.19. The van der Waals surface area contributed by atoms with E-state index in [1.807, 2.05) is 0 Å². The number of halogens is 1. The molecule has 0 aromatic carbocycles. The van der Waals surface area contributed by atoms with E-state index in [1.54, 1.807) is 14.1 Å². The maximum Gasteiger partial charge on any atom is 0.253 e. The average molecular weight is 257 g/mol. The number of nitrogen functional groups attached to an aromatic ring is 1. The number of amides is 2. The predicted molar refractivity (Wildman–Crippen MR) is 64.7 cm³/mol. The van der Waals surface area contributed by atoms with Crippen molar-refractivity contribution >= 4 is 29.1 Å². The van der Waals surface area contributed by atoms with Crippen LogP contribution in [-0.4, -0.2) is 42.3 Å². The van der Waals surface area contributed by atoms with Gasteiger partial charge >= 0.3 is 0 Å². The van der Waals surface area contributed by atoms with Crippen LogP contribution < -0.4 is 11.1 Å². The average Bonchev–Trinajstić information content (AvgIpc) is 2.28. The van der Waals surface area contributed by atoms with Crippen molar-refractivity contribution < 1.29 is 9.59 Å². The number of anilines is 1. The smallest absolute Gasteiger partial charge is 0.253 e. The van der Waals surface area contributed by atoms with Crippen LogP contribution in [0.15, 0.2) is 12.3 Å². The Hall–Kier alpha value is -1.82. The van der Waals surface area contributed by atoms with Crippen molar-refractivity contribution in [2.24, 2.45) is 0 Å². The second-order valence-corrected chi connectivity index (χ2v) is 3.95. The fourth-order valence-electron chi connectivity index (χ4n) is 1.05. The number of nitrogens with one attached hydrogen (secondary N) is 1. The van der Waals surface area contributed by atoms with E-state index in [1.165, 1.54) is 17.2 Å². The molecule has 0 atom stereocenters. The molecule has 0 saturated carbocycles. The van der Waals surface area contributed by atoms with Gasteiger partial charge in [-0.15, -0.1) is 0 Å². The van der Waals surface area contributed by atoms with E-state index < -0.39 is 5.91 Å². The summed E-state index contributed by atoms with van der Waals surface area (Å²) in [5.41, 5.74) is 6.00. The van der Waals surface area contributed by atoms with Crippen LogP contribution in [0.1, 0.15) is 10.4 Å². The summed E-state index contributed by atoms with van der Waals surface area (Å²) in [6.45, 7) is -0.0920. The Labute approximate surface area is 104 Å². The van der Waals surface area contributed by atoms with E-state index in [0.29, 0.717) is 0 Å². The summed E-state index contributed by atoms with van der Waals surface area (Å²) < 4.78 is 0. The summed E-state index contributed by atoms with van der Waals surface area (Å²) in [5.74, 6) is -0.668. The van der Waals surface area contributed by atoms with E-state index >= 15 is 0 Å². The van der Waals surface area contributed by atoms with Gasteiger partial charge in [-0.05, 0) is 6.07 Å². The lowest BCUT2D eigenvalue weighted by Crippen LogP contribution is -2.36. The fourth-order valence-corrected chi connectivity index (χ4v) is 1.20. The molecule has 0 saturated heterocycles. The van der Waals surface area contributed by atoms with Gasteiger partial charge in [-0.25, -0.2) is 4.98 Å². The van der Waals surface area contributed by atoms with Gasteiger partial charge in [-0.2, -0.15) is 0 Å². The molecular weight excluding hydrogens is 244 g/mol. The first-order valence-electron chi connectivity index (χ1n) is 4.81. The molecule has 1 aromatic heterocycles. The number of pyridine rings is 1. The molecule has 92 valence electrons. The number of carbonyl (C=O) groups excluding carboxylic acids is 2. The Kier molecular flexibility index (Phi) is 4.28. The standard InChI is InChI=1S/C10H13ClN4O2/c1-15(2)9(16)5-14-10(17)6-3-8(11)13-4-7(6)12/h3-4H,5,12H2,1-2H3,(H,14,17). The van der Waals surface area contributed by atoms with E-state index in [-0.39, 0.29) is 28.9 Å². The molecule has 1 aromatic rings. The minimum atomic E-state index is -0.456. The second kappa shape index (κ2) is 5.49. The molecule has 1 rings (SSSR count). The van der Waals surface area contributed by atoms with Crippen LogP contribution in [0.25, 0.3) is 0 Å². The summed E-state index contributed by atoms with van der Waals surface area (Å²) in [6.07, 6.45) is 1.30. The first kappa shape index (κ1) is 13.2. The monoisotopic (exact) mass is 256 g/mol. The lowest BCUT2D eigenvalue weighted by Gasteiger charge is -2.11. The Morgan fingerprint density at radius 1 is 1.53 bits per heavy atom. The highest BCUT2D eigenvalue weighted by molar-refractivity contribution is 6.29. The highest BCUT2D eigenvalue weighted by Gasteiger charge is 2.12. The highest BCUT2D eigenvalue weighted by atomic mass is 35.5. The topological polar surface area (TPSA) is 88.3 Å². The van der Waals surface area contributed by atoms with Crippen molar-refractivity contribution in [2.45, 2.75) is 0 Å². The van der Waals surface area contributed by atoms with Crippen molar-refractivity contribution in [1.82, 2.24) is 15.2 Å². The predicted octanol–water partition coefficient (Wildman–Crippen LogP) is 0.135. The second-order valence-electron chi connectivity index (χ2n) is 3.57. The van der Waals surface area contributed by atoms with Crippen LogP contribution in [0.2, 0.25) is 5.15 Å². The molecule has 0 aliphatic rings. The zero-order valence-corrected chi connectivity index (χ0v) is 10.3. The third-order valence-corrected chi connectivity index (χ3v) is 2.25. The van der Waals surface area contributed by atoms with Gasteiger partial charge in [0.05, 0.1) is 24.0 Å². The van der Waals surface area contributed by atoms with E-state index in [4.69, 9.17) is 17.3 Å². The number of nitrogens with two attached hydrogens (primary N) is 1. The number of nitrogens with zero attached hydrogens (tertiary/aromatic N) is 2. The molecular formula is C10H13ClN4O2. The number of rotatable bonds is 3. The van der Waals surface area contributed by atoms with Crippen molar-refractivity contribution in [1.29, 1.82) is 0 Å². The van der Waals surface area contributed by atoms with E-state index in [0.717, 1.165) is 0 Å². The Morgan fingerprint density at radius 2 is 2.18 bits per heavy atom. The van der Waals surface area contributed by atoms with Crippen LogP contribution in [0, 0.1) is 0 Å². The molecule has 3 N–H and O–H groups in total. The molecule has 17 heavy (non-hydrogen) atoms. The summed E-state index contributed by atoms with van der Waals surface area (Å²) in [7, 11) is 3.21. The number of aromatic nitrogens is 1. The van der Waals surface area contributed by atoms with Crippen molar-refractivity contribution in [3.05, 3.63) is 23.0 Å². The quantitative estimate of drug-likeness (QED) is 0.753. The fraction of sp³-hybridized carbons (Fsp3) is 0.300. The zero-order valence-electron chi connectivity index (χ0n) is 9.53. The summed E-state index contributed by atoms with van der Waals surface area (Å²) in [6, 6.07) is 1.35. The molecule has 6 nitrogen and oxygen atoms in total. The minimum absolute atomic E-state index is 0.0920. The van der Waals surface area contributed by atoms with Crippen molar-refractivity contribution in [3.8, 4) is 0 Å². The molecule has 0 radical (unpaired) electrons. The Balaban J connectivity index is 2.70.